The lowest BCUT2D eigenvalue weighted by Crippen LogP contribution is -2.11. The second-order valence-corrected chi connectivity index (χ2v) is 13.5. The number of methoxy groups -OCH3 is 1. The van der Waals surface area contributed by atoms with Crippen LogP contribution in [0.3, 0.4) is 0 Å². The molecule has 1 aliphatic heterocycles. The lowest BCUT2D eigenvalue weighted by molar-refractivity contribution is 0.0589. The van der Waals surface area contributed by atoms with Crippen LogP contribution in [0.25, 0.3) is 32.9 Å². The Morgan fingerprint density at radius 3 is 2.68 bits per heavy atom. The molecular formula is C36H37ClN6O3S. The predicted molar refractivity (Wildman–Crippen MR) is 187 cm³/mol. The van der Waals surface area contributed by atoms with Gasteiger partial charge in [-0.2, -0.15) is 10.2 Å². The van der Waals surface area contributed by atoms with E-state index in [-0.39, 0.29) is 5.97 Å². The summed E-state index contributed by atoms with van der Waals surface area (Å²) >= 11 is 8.84. The van der Waals surface area contributed by atoms with E-state index in [1.54, 1.807) is 18.0 Å². The Labute approximate surface area is 282 Å². The maximum absolute atomic E-state index is 13.3. The average molecular weight is 669 g/mol. The van der Waals surface area contributed by atoms with Crippen LogP contribution in [0.5, 0.6) is 5.75 Å². The number of halogens is 1. The quantitative estimate of drug-likeness (QED) is 0.172. The SMILES string of the molecule is COC(=O)c1c2c3ccc(Cl)c(c3n1C)-c1c(C)nn(C)c1CSCc1cc(n(C)n1)CCc1cc(c3ncccc3c1)OCCC2. The molecule has 2 aromatic carbocycles. The van der Waals surface area contributed by atoms with Gasteiger partial charge in [0.05, 0.1) is 41.3 Å². The van der Waals surface area contributed by atoms with Gasteiger partial charge >= 0.3 is 5.97 Å². The molecule has 9 nitrogen and oxygen atoms in total. The van der Waals surface area contributed by atoms with Crippen molar-refractivity contribution < 1.29 is 14.3 Å². The van der Waals surface area contributed by atoms with Crippen LogP contribution in [0.4, 0.5) is 0 Å². The molecule has 0 unspecified atom stereocenters. The van der Waals surface area contributed by atoms with E-state index in [4.69, 9.17) is 31.3 Å². The molecule has 0 N–H and O–H groups in total. The first-order valence-corrected chi connectivity index (χ1v) is 17.3. The fraction of sp³-hybridized carbons (Fsp3) is 0.333. The van der Waals surface area contributed by atoms with Gasteiger partial charge in [0.2, 0.25) is 0 Å². The van der Waals surface area contributed by atoms with Gasteiger partial charge in [0.25, 0.3) is 0 Å². The summed E-state index contributed by atoms with van der Waals surface area (Å²) in [5, 5.41) is 12.3. The zero-order chi connectivity index (χ0) is 32.8. The fourth-order valence-corrected chi connectivity index (χ4v) is 8.17. The maximum Gasteiger partial charge on any atom is 0.354 e. The summed E-state index contributed by atoms with van der Waals surface area (Å²) in [5.74, 6) is 1.87. The Balaban J connectivity index is 1.37. The summed E-state index contributed by atoms with van der Waals surface area (Å²) in [6.07, 6.45) is 4.81. The van der Waals surface area contributed by atoms with Crippen molar-refractivity contribution in [2.75, 3.05) is 13.7 Å². The Morgan fingerprint density at radius 1 is 1.00 bits per heavy atom. The summed E-state index contributed by atoms with van der Waals surface area (Å²) in [5.41, 5.74) is 10.4. The lowest BCUT2D eigenvalue weighted by Gasteiger charge is -2.12. The van der Waals surface area contributed by atoms with Crippen molar-refractivity contribution >= 4 is 51.1 Å². The number of carbonyl (C=O) groups excluding carboxylic acids is 1. The number of nitrogens with zero attached hydrogens (tertiary/aromatic N) is 6. The number of hydrogen-bond acceptors (Lipinski definition) is 7. The summed E-state index contributed by atoms with van der Waals surface area (Å²) in [6.45, 7) is 2.47. The van der Waals surface area contributed by atoms with Crippen LogP contribution in [0.1, 0.15) is 50.8 Å². The van der Waals surface area contributed by atoms with Crippen molar-refractivity contribution in [2.45, 2.75) is 44.1 Å². The van der Waals surface area contributed by atoms with Crippen molar-refractivity contribution in [3.8, 4) is 16.9 Å². The van der Waals surface area contributed by atoms with E-state index in [1.807, 2.05) is 60.2 Å². The zero-order valence-corrected chi connectivity index (χ0v) is 28.8. The molecule has 1 aliphatic rings. The Kier molecular flexibility index (Phi) is 8.48. The number of ether oxygens (including phenoxy) is 2. The number of aryl methyl sites for hydroxylation is 7. The van der Waals surface area contributed by atoms with E-state index >= 15 is 0 Å². The molecule has 0 atom stereocenters. The molecule has 4 aromatic heterocycles. The van der Waals surface area contributed by atoms with Crippen LogP contribution in [0.15, 0.2) is 48.7 Å². The average Bonchev–Trinajstić information content (AvgIpc) is 3.66. The third-order valence-corrected chi connectivity index (χ3v) is 10.4. The highest BCUT2D eigenvalue weighted by Crippen LogP contribution is 2.43. The molecule has 7 rings (SSSR count). The molecule has 47 heavy (non-hydrogen) atoms. The van der Waals surface area contributed by atoms with Crippen molar-refractivity contribution in [2.24, 2.45) is 21.1 Å². The minimum absolute atomic E-state index is 0.382. The number of rotatable bonds is 1. The van der Waals surface area contributed by atoms with Gasteiger partial charge in [-0.1, -0.05) is 23.7 Å². The number of carbonyl (C=O) groups is 1. The minimum Gasteiger partial charge on any atom is -0.491 e. The number of aromatic nitrogens is 6. The normalized spacial score (nSPS) is 14.2. The van der Waals surface area contributed by atoms with E-state index < -0.39 is 0 Å². The molecule has 0 saturated carbocycles. The molecule has 5 heterocycles. The standard InChI is InChI=1S/C36H37ClN6O3S/c1-21-31-29(43(4)39-21)20-47-19-24-18-25(42(3)40-24)11-10-22-16-23-8-6-14-38-33(23)30(17-22)46-15-7-9-26-27-12-13-28(37)32(31)34(27)41(2)35(26)36(44)45-5/h6,8,12-14,16-18H,7,9-11,15,19-20H2,1-5H3. The predicted octanol–water partition coefficient (Wildman–Crippen LogP) is 7.15. The Bertz CT molecular complexity index is 2160. The third-order valence-electron chi connectivity index (χ3n) is 9.12. The number of benzene rings is 2. The molecule has 6 aromatic rings. The first-order chi connectivity index (χ1) is 22.7. The first kappa shape index (κ1) is 31.3. The van der Waals surface area contributed by atoms with Crippen LogP contribution >= 0.6 is 23.4 Å². The van der Waals surface area contributed by atoms with Crippen molar-refractivity contribution in [3.63, 3.8) is 0 Å². The summed E-state index contributed by atoms with van der Waals surface area (Å²) < 4.78 is 17.6. The minimum atomic E-state index is -0.382. The maximum atomic E-state index is 13.3. The van der Waals surface area contributed by atoms with Crippen LogP contribution in [-0.2, 0) is 56.6 Å². The lowest BCUT2D eigenvalue weighted by atomic mass is 9.98. The van der Waals surface area contributed by atoms with Crippen LogP contribution < -0.4 is 4.74 Å². The van der Waals surface area contributed by atoms with Gasteiger partial charge in [-0.25, -0.2) is 4.79 Å². The molecule has 0 radical (unpaired) electrons. The molecule has 0 spiro atoms. The molecule has 0 fully saturated rings. The highest BCUT2D eigenvalue weighted by atomic mass is 35.5. The zero-order valence-electron chi connectivity index (χ0n) is 27.3. The Morgan fingerprint density at radius 2 is 1.85 bits per heavy atom. The highest BCUT2D eigenvalue weighted by molar-refractivity contribution is 7.97. The van der Waals surface area contributed by atoms with Crippen LogP contribution in [0.2, 0.25) is 5.02 Å². The summed E-state index contributed by atoms with van der Waals surface area (Å²) in [7, 11) is 7.33. The third kappa shape index (κ3) is 5.67. The van der Waals surface area contributed by atoms with Crippen molar-refractivity contribution in [1.29, 1.82) is 0 Å². The highest BCUT2D eigenvalue weighted by Gasteiger charge is 2.28. The van der Waals surface area contributed by atoms with E-state index in [0.29, 0.717) is 30.2 Å². The second-order valence-electron chi connectivity index (χ2n) is 12.1. The van der Waals surface area contributed by atoms with Gasteiger partial charge in [-0.05, 0) is 74.1 Å². The van der Waals surface area contributed by atoms with Crippen molar-refractivity contribution in [1.82, 2.24) is 29.1 Å². The monoisotopic (exact) mass is 668 g/mol. The van der Waals surface area contributed by atoms with Crippen LogP contribution in [-0.4, -0.2) is 48.8 Å². The summed E-state index contributed by atoms with van der Waals surface area (Å²) in [4.78, 5) is 17.9. The van der Waals surface area contributed by atoms with Gasteiger partial charge in [0.15, 0.2) is 0 Å². The van der Waals surface area contributed by atoms with Gasteiger partial charge in [-0.15, -0.1) is 11.8 Å². The van der Waals surface area contributed by atoms with Crippen molar-refractivity contribution in [3.05, 3.63) is 93.3 Å². The van der Waals surface area contributed by atoms with Gasteiger partial charge in [0.1, 0.15) is 17.0 Å². The van der Waals surface area contributed by atoms with E-state index in [0.717, 1.165) is 85.7 Å². The molecule has 8 bridgehead atoms. The largest absolute Gasteiger partial charge is 0.491 e. The molecule has 11 heteroatoms. The topological polar surface area (TPSA) is 89.0 Å². The number of thioether (sulfide) groups is 1. The van der Waals surface area contributed by atoms with Crippen LogP contribution in [0, 0.1) is 6.92 Å². The number of esters is 1. The second kappa shape index (κ2) is 12.7. The van der Waals surface area contributed by atoms with E-state index in [1.165, 1.54) is 18.4 Å². The molecule has 0 aliphatic carbocycles. The number of fused-ring (bicyclic) bond motifs is 8. The Hall–Kier alpha value is -4.28. The summed E-state index contributed by atoms with van der Waals surface area (Å²) in [6, 6.07) is 14.5. The number of pyridine rings is 1. The van der Waals surface area contributed by atoms with E-state index in [2.05, 4.69) is 29.2 Å². The van der Waals surface area contributed by atoms with Gasteiger partial charge in [-0.3, -0.25) is 14.3 Å². The first-order valence-electron chi connectivity index (χ1n) is 15.8. The fourth-order valence-electron chi connectivity index (χ4n) is 6.95. The molecule has 0 amide bonds. The molecule has 0 saturated heterocycles. The smallest absolute Gasteiger partial charge is 0.354 e. The molecular weight excluding hydrogens is 632 g/mol. The number of hydrogen-bond donors (Lipinski definition) is 0. The van der Waals surface area contributed by atoms with Gasteiger partial charge in [0, 0.05) is 66.4 Å². The van der Waals surface area contributed by atoms with Gasteiger partial charge < -0.3 is 14.0 Å². The van der Waals surface area contributed by atoms with E-state index in [9.17, 15) is 4.79 Å². The molecule has 242 valence electrons.